The standard InChI is InChI=1S/C20H32N6.HI/c1-4-15-25(5-2)17-14-23-20(21-3)22-13-11-18-7-9-19(10-8-18)26-16-6-12-24-26;/h6-10,12,16H,4-5,11,13-15,17H2,1-3H3,(H2,21,22,23);1H. The molecule has 6 nitrogen and oxygen atoms in total. The molecule has 0 fully saturated rings. The minimum atomic E-state index is 0. The molecular weight excluding hydrogens is 451 g/mol. The molecule has 0 spiro atoms. The molecular formula is C20H33IN6. The third-order valence-corrected chi connectivity index (χ3v) is 4.34. The number of guanidine groups is 1. The summed E-state index contributed by atoms with van der Waals surface area (Å²) in [7, 11) is 1.82. The topological polar surface area (TPSA) is 57.5 Å². The van der Waals surface area contributed by atoms with Crippen molar-refractivity contribution in [3.63, 3.8) is 0 Å². The molecule has 2 rings (SSSR count). The molecule has 0 radical (unpaired) electrons. The van der Waals surface area contributed by atoms with Crippen molar-refractivity contribution >= 4 is 29.9 Å². The third-order valence-electron chi connectivity index (χ3n) is 4.34. The number of rotatable bonds is 10. The van der Waals surface area contributed by atoms with Gasteiger partial charge in [-0.05, 0) is 49.7 Å². The van der Waals surface area contributed by atoms with Crippen LogP contribution in [0.1, 0.15) is 25.8 Å². The van der Waals surface area contributed by atoms with Crippen LogP contribution in [0.3, 0.4) is 0 Å². The van der Waals surface area contributed by atoms with Gasteiger partial charge in [-0.15, -0.1) is 24.0 Å². The smallest absolute Gasteiger partial charge is 0.191 e. The summed E-state index contributed by atoms with van der Waals surface area (Å²) in [6, 6.07) is 10.4. The minimum Gasteiger partial charge on any atom is -0.356 e. The number of hydrogen-bond acceptors (Lipinski definition) is 3. The van der Waals surface area contributed by atoms with E-state index in [4.69, 9.17) is 0 Å². The SMILES string of the molecule is CCCN(CC)CCNC(=NC)NCCc1ccc(-n2cccn2)cc1.I. The number of nitrogens with zero attached hydrogens (tertiary/aromatic N) is 4. The first-order valence-corrected chi connectivity index (χ1v) is 9.52. The van der Waals surface area contributed by atoms with Gasteiger partial charge in [0.1, 0.15) is 0 Å². The number of likely N-dealkylation sites (N-methyl/N-ethyl adjacent to an activating group) is 1. The summed E-state index contributed by atoms with van der Waals surface area (Å²) < 4.78 is 1.87. The lowest BCUT2D eigenvalue weighted by Crippen LogP contribution is -2.42. The Morgan fingerprint density at radius 1 is 1.11 bits per heavy atom. The van der Waals surface area contributed by atoms with Crippen LogP contribution in [-0.2, 0) is 6.42 Å². The molecule has 0 aliphatic rings. The number of hydrogen-bond donors (Lipinski definition) is 2. The van der Waals surface area contributed by atoms with Crippen LogP contribution in [0, 0.1) is 0 Å². The number of benzene rings is 1. The van der Waals surface area contributed by atoms with Gasteiger partial charge in [0.2, 0.25) is 0 Å². The highest BCUT2D eigenvalue weighted by molar-refractivity contribution is 14.0. The van der Waals surface area contributed by atoms with Gasteiger partial charge in [0.05, 0.1) is 5.69 Å². The maximum atomic E-state index is 4.30. The minimum absolute atomic E-state index is 0. The van der Waals surface area contributed by atoms with Crippen LogP contribution in [0.5, 0.6) is 0 Å². The number of aliphatic imine (C=N–C) groups is 1. The van der Waals surface area contributed by atoms with Crippen molar-refractivity contribution in [3.05, 3.63) is 48.3 Å². The second-order valence-corrected chi connectivity index (χ2v) is 6.23. The molecule has 0 aliphatic carbocycles. The normalized spacial score (nSPS) is 11.3. The lowest BCUT2D eigenvalue weighted by Gasteiger charge is -2.20. The van der Waals surface area contributed by atoms with Crippen molar-refractivity contribution in [3.8, 4) is 5.69 Å². The average molecular weight is 484 g/mol. The summed E-state index contributed by atoms with van der Waals surface area (Å²) >= 11 is 0. The summed E-state index contributed by atoms with van der Waals surface area (Å²) in [4.78, 5) is 6.75. The van der Waals surface area contributed by atoms with E-state index in [9.17, 15) is 0 Å². The molecule has 0 unspecified atom stereocenters. The van der Waals surface area contributed by atoms with Gasteiger partial charge in [-0.25, -0.2) is 4.68 Å². The first-order valence-electron chi connectivity index (χ1n) is 9.52. The van der Waals surface area contributed by atoms with Gasteiger partial charge in [0.25, 0.3) is 0 Å². The lowest BCUT2D eigenvalue weighted by molar-refractivity contribution is 0.293. The van der Waals surface area contributed by atoms with Crippen LogP contribution >= 0.6 is 24.0 Å². The maximum absolute atomic E-state index is 4.30. The maximum Gasteiger partial charge on any atom is 0.191 e. The highest BCUT2D eigenvalue weighted by atomic mass is 127. The van der Waals surface area contributed by atoms with Crippen molar-refractivity contribution in [1.29, 1.82) is 0 Å². The van der Waals surface area contributed by atoms with Gasteiger partial charge in [0.15, 0.2) is 5.96 Å². The third kappa shape index (κ3) is 8.30. The van der Waals surface area contributed by atoms with Crippen molar-refractivity contribution < 1.29 is 0 Å². The molecule has 0 saturated heterocycles. The zero-order valence-corrected chi connectivity index (χ0v) is 19.0. The van der Waals surface area contributed by atoms with E-state index in [2.05, 4.69) is 63.7 Å². The summed E-state index contributed by atoms with van der Waals surface area (Å²) in [5.74, 6) is 0.866. The van der Waals surface area contributed by atoms with Crippen LogP contribution in [-0.4, -0.2) is 60.4 Å². The van der Waals surface area contributed by atoms with Crippen LogP contribution in [0.2, 0.25) is 0 Å². The Bertz CT molecular complexity index is 639. The Labute approximate surface area is 180 Å². The predicted molar refractivity (Wildman–Crippen MR) is 124 cm³/mol. The predicted octanol–water partition coefficient (Wildman–Crippen LogP) is 2.93. The number of aromatic nitrogens is 2. The fourth-order valence-electron chi connectivity index (χ4n) is 2.86. The second kappa shape index (κ2) is 13.5. The first kappa shape index (κ1) is 23.4. The summed E-state index contributed by atoms with van der Waals surface area (Å²) in [6.07, 6.45) is 5.89. The van der Waals surface area contributed by atoms with E-state index < -0.39 is 0 Å². The van der Waals surface area contributed by atoms with Crippen molar-refractivity contribution in [2.24, 2.45) is 4.99 Å². The quantitative estimate of drug-likeness (QED) is 0.310. The summed E-state index contributed by atoms with van der Waals surface area (Å²) in [5, 5.41) is 11.0. The lowest BCUT2D eigenvalue weighted by atomic mass is 10.1. The summed E-state index contributed by atoms with van der Waals surface area (Å²) in [5.41, 5.74) is 2.38. The number of nitrogens with one attached hydrogen (secondary N) is 2. The molecule has 27 heavy (non-hydrogen) atoms. The fourth-order valence-corrected chi connectivity index (χ4v) is 2.86. The van der Waals surface area contributed by atoms with Crippen LogP contribution in [0.25, 0.3) is 5.69 Å². The Morgan fingerprint density at radius 2 is 1.85 bits per heavy atom. The van der Waals surface area contributed by atoms with Crippen molar-refractivity contribution in [2.75, 3.05) is 39.8 Å². The highest BCUT2D eigenvalue weighted by Gasteiger charge is 2.02. The molecule has 0 bridgehead atoms. The van der Waals surface area contributed by atoms with E-state index in [1.165, 1.54) is 12.0 Å². The van der Waals surface area contributed by atoms with Gasteiger partial charge in [-0.1, -0.05) is 26.0 Å². The zero-order valence-electron chi connectivity index (χ0n) is 16.7. The fraction of sp³-hybridized carbons (Fsp3) is 0.500. The highest BCUT2D eigenvalue weighted by Crippen LogP contribution is 2.08. The van der Waals surface area contributed by atoms with Crippen molar-refractivity contribution in [1.82, 2.24) is 25.3 Å². The molecule has 150 valence electrons. The molecule has 2 N–H and O–H groups in total. The molecule has 7 heteroatoms. The Balaban J connectivity index is 0.00000364. The number of halogens is 1. The monoisotopic (exact) mass is 484 g/mol. The van der Waals surface area contributed by atoms with E-state index in [0.717, 1.165) is 50.8 Å². The molecule has 0 amide bonds. The average Bonchev–Trinajstić information content (AvgIpc) is 3.21. The van der Waals surface area contributed by atoms with Crippen molar-refractivity contribution in [2.45, 2.75) is 26.7 Å². The van der Waals surface area contributed by atoms with E-state index in [0.29, 0.717) is 0 Å². The van der Waals surface area contributed by atoms with Gasteiger partial charge in [-0.2, -0.15) is 5.10 Å². The zero-order chi connectivity index (χ0) is 18.6. The largest absolute Gasteiger partial charge is 0.356 e. The molecule has 0 atom stereocenters. The Hall–Kier alpha value is -1.61. The van der Waals surface area contributed by atoms with E-state index in [-0.39, 0.29) is 24.0 Å². The summed E-state index contributed by atoms with van der Waals surface area (Å²) in [6.45, 7) is 9.48. The van der Waals surface area contributed by atoms with E-state index in [1.54, 1.807) is 6.20 Å². The van der Waals surface area contributed by atoms with Gasteiger partial charge < -0.3 is 15.5 Å². The molecule has 2 aromatic rings. The van der Waals surface area contributed by atoms with Crippen LogP contribution < -0.4 is 10.6 Å². The molecule has 0 saturated carbocycles. The second-order valence-electron chi connectivity index (χ2n) is 6.23. The molecule has 1 aromatic heterocycles. The molecule has 1 aromatic carbocycles. The van der Waals surface area contributed by atoms with E-state index >= 15 is 0 Å². The van der Waals surface area contributed by atoms with Gasteiger partial charge in [-0.3, -0.25) is 4.99 Å². The Kier molecular flexibility index (Phi) is 11.8. The molecule has 1 heterocycles. The molecule has 0 aliphatic heterocycles. The van der Waals surface area contributed by atoms with E-state index in [1.807, 2.05) is 24.0 Å². The van der Waals surface area contributed by atoms with Crippen LogP contribution in [0.15, 0.2) is 47.7 Å². The van der Waals surface area contributed by atoms with Gasteiger partial charge >= 0.3 is 0 Å². The van der Waals surface area contributed by atoms with Gasteiger partial charge in [0, 0.05) is 39.1 Å². The van der Waals surface area contributed by atoms with Crippen LogP contribution in [0.4, 0.5) is 0 Å². The Morgan fingerprint density at radius 3 is 2.44 bits per heavy atom. The first-order chi connectivity index (χ1) is 12.8.